The van der Waals surface area contributed by atoms with Gasteiger partial charge in [0.15, 0.2) is 12.4 Å². The first-order valence-corrected chi connectivity index (χ1v) is 8.96. The van der Waals surface area contributed by atoms with Gasteiger partial charge in [-0.3, -0.25) is 4.79 Å². The van der Waals surface area contributed by atoms with Crippen molar-refractivity contribution in [2.45, 2.75) is 59.0 Å². The van der Waals surface area contributed by atoms with Gasteiger partial charge in [0.05, 0.1) is 6.04 Å². The number of carbonyl (C=O) groups excluding carboxylic acids is 1. The molecule has 0 aliphatic carbocycles. The third-order valence-corrected chi connectivity index (χ3v) is 4.61. The van der Waals surface area contributed by atoms with Crippen LogP contribution in [0.4, 0.5) is 0 Å². The topological polar surface area (TPSA) is 69.0 Å². The van der Waals surface area contributed by atoms with Crippen LogP contribution in [0.1, 0.15) is 55.0 Å². The third-order valence-electron chi connectivity index (χ3n) is 4.61. The standard InChI is InChI=1S/C19H26N4O2/c1-13-8-9-14(2)16(11-13)25-12-18(24)20-15(3)19-22-21-17-7-5-4-6-10-23(17)19/h8-9,11,15H,4-7,10,12H2,1-3H3,(H,20,24)/t15-/m1/s1. The van der Waals surface area contributed by atoms with E-state index in [0.29, 0.717) is 0 Å². The lowest BCUT2D eigenvalue weighted by atomic mass is 10.1. The molecule has 1 aliphatic rings. The number of rotatable bonds is 5. The number of hydrogen-bond acceptors (Lipinski definition) is 4. The Morgan fingerprint density at radius 2 is 2.12 bits per heavy atom. The van der Waals surface area contributed by atoms with Crippen molar-refractivity contribution in [1.82, 2.24) is 20.1 Å². The first-order chi connectivity index (χ1) is 12.0. The molecule has 1 aromatic heterocycles. The second-order valence-electron chi connectivity index (χ2n) is 6.78. The zero-order valence-corrected chi connectivity index (χ0v) is 15.2. The van der Waals surface area contributed by atoms with Crippen LogP contribution in [0.3, 0.4) is 0 Å². The molecule has 2 aromatic rings. The number of ether oxygens (including phenoxy) is 1. The van der Waals surface area contributed by atoms with E-state index in [4.69, 9.17) is 4.74 Å². The Kier molecular flexibility index (Phi) is 5.36. The quantitative estimate of drug-likeness (QED) is 0.907. The molecular formula is C19H26N4O2. The number of carbonyl (C=O) groups is 1. The summed E-state index contributed by atoms with van der Waals surface area (Å²) in [5, 5.41) is 11.6. The largest absolute Gasteiger partial charge is 0.483 e. The molecule has 25 heavy (non-hydrogen) atoms. The van der Waals surface area contributed by atoms with E-state index in [-0.39, 0.29) is 18.6 Å². The van der Waals surface area contributed by atoms with Crippen molar-refractivity contribution in [2.24, 2.45) is 0 Å². The molecule has 134 valence electrons. The molecule has 2 heterocycles. The fraction of sp³-hybridized carbons (Fsp3) is 0.526. The molecule has 1 N–H and O–H groups in total. The maximum absolute atomic E-state index is 12.3. The Morgan fingerprint density at radius 1 is 1.28 bits per heavy atom. The van der Waals surface area contributed by atoms with Gasteiger partial charge in [-0.1, -0.05) is 18.6 Å². The van der Waals surface area contributed by atoms with Gasteiger partial charge in [-0.15, -0.1) is 10.2 Å². The van der Waals surface area contributed by atoms with E-state index in [9.17, 15) is 4.79 Å². The number of nitrogens with one attached hydrogen (secondary N) is 1. The van der Waals surface area contributed by atoms with Gasteiger partial charge in [0.1, 0.15) is 11.6 Å². The zero-order chi connectivity index (χ0) is 17.8. The van der Waals surface area contributed by atoms with Gasteiger partial charge in [-0.05, 0) is 50.8 Å². The molecule has 0 saturated heterocycles. The van der Waals surface area contributed by atoms with Crippen LogP contribution in [-0.2, 0) is 17.8 Å². The van der Waals surface area contributed by atoms with E-state index in [0.717, 1.165) is 54.3 Å². The monoisotopic (exact) mass is 342 g/mol. The zero-order valence-electron chi connectivity index (χ0n) is 15.2. The molecule has 1 aromatic carbocycles. The smallest absolute Gasteiger partial charge is 0.258 e. The van der Waals surface area contributed by atoms with Crippen LogP contribution < -0.4 is 10.1 Å². The minimum atomic E-state index is -0.186. The summed E-state index contributed by atoms with van der Waals surface area (Å²) in [6.07, 6.45) is 4.47. The summed E-state index contributed by atoms with van der Waals surface area (Å²) in [4.78, 5) is 12.3. The minimum Gasteiger partial charge on any atom is -0.483 e. The first kappa shape index (κ1) is 17.5. The number of amides is 1. The number of fused-ring (bicyclic) bond motifs is 1. The van der Waals surface area contributed by atoms with Gasteiger partial charge in [0.2, 0.25) is 0 Å². The van der Waals surface area contributed by atoms with Crippen LogP contribution in [0.2, 0.25) is 0 Å². The fourth-order valence-electron chi connectivity index (χ4n) is 3.18. The van der Waals surface area contributed by atoms with E-state index in [1.807, 2.05) is 39.0 Å². The van der Waals surface area contributed by atoms with E-state index in [2.05, 4.69) is 20.1 Å². The third kappa shape index (κ3) is 4.18. The average Bonchev–Trinajstić information content (AvgIpc) is 2.84. The van der Waals surface area contributed by atoms with Crippen molar-refractivity contribution in [3.05, 3.63) is 41.0 Å². The number of hydrogen-bond donors (Lipinski definition) is 1. The summed E-state index contributed by atoms with van der Waals surface area (Å²) in [5.74, 6) is 2.45. The summed E-state index contributed by atoms with van der Waals surface area (Å²) in [6.45, 7) is 6.84. The number of nitrogens with zero attached hydrogens (tertiary/aromatic N) is 3. The predicted octanol–water partition coefficient (Wildman–Crippen LogP) is 2.88. The minimum absolute atomic E-state index is 0.00434. The molecule has 0 bridgehead atoms. The molecule has 3 rings (SSSR count). The van der Waals surface area contributed by atoms with Crippen LogP contribution in [-0.4, -0.2) is 27.3 Å². The Labute approximate surface area is 148 Å². The van der Waals surface area contributed by atoms with E-state index in [1.165, 1.54) is 6.42 Å². The van der Waals surface area contributed by atoms with Crippen molar-refractivity contribution >= 4 is 5.91 Å². The molecule has 1 atom stereocenters. The van der Waals surface area contributed by atoms with Crippen molar-refractivity contribution in [3.8, 4) is 5.75 Å². The second-order valence-corrected chi connectivity index (χ2v) is 6.78. The number of benzene rings is 1. The Balaban J connectivity index is 1.59. The maximum atomic E-state index is 12.3. The molecular weight excluding hydrogens is 316 g/mol. The highest BCUT2D eigenvalue weighted by molar-refractivity contribution is 5.77. The average molecular weight is 342 g/mol. The highest BCUT2D eigenvalue weighted by atomic mass is 16.5. The molecule has 6 heteroatoms. The van der Waals surface area contributed by atoms with Gasteiger partial charge in [-0.25, -0.2) is 0 Å². The lowest BCUT2D eigenvalue weighted by Gasteiger charge is -2.16. The normalized spacial score (nSPS) is 15.2. The SMILES string of the molecule is Cc1ccc(C)c(OCC(=O)N[C@H](C)c2nnc3n2CCCCC3)c1. The van der Waals surface area contributed by atoms with Crippen molar-refractivity contribution < 1.29 is 9.53 Å². The van der Waals surface area contributed by atoms with Gasteiger partial charge in [-0.2, -0.15) is 0 Å². The number of aromatic nitrogens is 3. The highest BCUT2D eigenvalue weighted by Gasteiger charge is 2.20. The van der Waals surface area contributed by atoms with Gasteiger partial charge < -0.3 is 14.6 Å². The molecule has 0 unspecified atom stereocenters. The summed E-state index contributed by atoms with van der Waals surface area (Å²) in [7, 11) is 0. The van der Waals surface area contributed by atoms with Crippen LogP contribution in [0.5, 0.6) is 5.75 Å². The van der Waals surface area contributed by atoms with Crippen LogP contribution in [0.15, 0.2) is 18.2 Å². The van der Waals surface area contributed by atoms with Crippen molar-refractivity contribution in [2.75, 3.05) is 6.61 Å². The van der Waals surface area contributed by atoms with Gasteiger partial charge >= 0.3 is 0 Å². The molecule has 1 amide bonds. The summed E-state index contributed by atoms with van der Waals surface area (Å²) < 4.78 is 7.83. The van der Waals surface area contributed by atoms with Crippen molar-refractivity contribution in [1.29, 1.82) is 0 Å². The Bertz CT molecular complexity index is 754. The second kappa shape index (κ2) is 7.68. The molecule has 0 fully saturated rings. The van der Waals surface area contributed by atoms with Crippen molar-refractivity contribution in [3.63, 3.8) is 0 Å². The van der Waals surface area contributed by atoms with E-state index in [1.54, 1.807) is 0 Å². The lowest BCUT2D eigenvalue weighted by Crippen LogP contribution is -2.33. The molecule has 1 aliphatic heterocycles. The summed E-state index contributed by atoms with van der Waals surface area (Å²) in [5.41, 5.74) is 2.13. The van der Waals surface area contributed by atoms with Gasteiger partial charge in [0.25, 0.3) is 5.91 Å². The first-order valence-electron chi connectivity index (χ1n) is 8.96. The van der Waals surface area contributed by atoms with Crippen LogP contribution in [0.25, 0.3) is 0 Å². The molecule has 0 radical (unpaired) electrons. The molecule has 0 saturated carbocycles. The lowest BCUT2D eigenvalue weighted by molar-refractivity contribution is -0.123. The summed E-state index contributed by atoms with van der Waals surface area (Å²) >= 11 is 0. The predicted molar refractivity (Wildman–Crippen MR) is 95.5 cm³/mol. The summed E-state index contributed by atoms with van der Waals surface area (Å²) in [6, 6.07) is 5.79. The van der Waals surface area contributed by atoms with E-state index >= 15 is 0 Å². The molecule has 0 spiro atoms. The Hall–Kier alpha value is -2.37. The fourth-order valence-corrected chi connectivity index (χ4v) is 3.18. The van der Waals surface area contributed by atoms with Crippen LogP contribution in [0, 0.1) is 13.8 Å². The Morgan fingerprint density at radius 3 is 2.96 bits per heavy atom. The maximum Gasteiger partial charge on any atom is 0.258 e. The number of aryl methyl sites for hydroxylation is 3. The van der Waals surface area contributed by atoms with E-state index < -0.39 is 0 Å². The van der Waals surface area contributed by atoms with Crippen LogP contribution >= 0.6 is 0 Å². The molecule has 6 nitrogen and oxygen atoms in total. The highest BCUT2D eigenvalue weighted by Crippen LogP contribution is 2.20. The van der Waals surface area contributed by atoms with Gasteiger partial charge in [0, 0.05) is 13.0 Å².